The van der Waals surface area contributed by atoms with Crippen LogP contribution in [0.5, 0.6) is 5.75 Å². The lowest BCUT2D eigenvalue weighted by Gasteiger charge is -2.13. The molecule has 8 heteroatoms. The smallest absolute Gasteiger partial charge is 0.311 e. The predicted octanol–water partition coefficient (Wildman–Crippen LogP) is 2.52. The molecule has 2 aliphatic carbocycles. The fourth-order valence-electron chi connectivity index (χ4n) is 4.27. The number of hydrogen-bond donors (Lipinski definition) is 0. The number of hydrogen-bond acceptors (Lipinski definition) is 6. The molecule has 0 spiro atoms. The van der Waals surface area contributed by atoms with Crippen LogP contribution in [-0.4, -0.2) is 34.1 Å². The molecule has 1 heterocycles. The van der Waals surface area contributed by atoms with E-state index < -0.39 is 4.92 Å². The van der Waals surface area contributed by atoms with Crippen molar-refractivity contribution in [3.63, 3.8) is 0 Å². The Kier molecular flexibility index (Phi) is 4.05. The summed E-state index contributed by atoms with van der Waals surface area (Å²) >= 11 is 0. The molecule has 1 saturated heterocycles. The maximum atomic E-state index is 12.7. The van der Waals surface area contributed by atoms with Crippen LogP contribution >= 0.6 is 0 Å². The molecule has 0 aromatic heterocycles. The van der Waals surface area contributed by atoms with E-state index in [0.29, 0.717) is 5.56 Å². The minimum Gasteiger partial charge on any atom is -0.484 e. The maximum absolute atomic E-state index is 12.7. The fraction of sp³-hybridized carbons (Fsp3) is 0.421. The van der Waals surface area contributed by atoms with E-state index in [4.69, 9.17) is 4.74 Å². The van der Waals surface area contributed by atoms with Gasteiger partial charge in [-0.2, -0.15) is 10.1 Å². The summed E-state index contributed by atoms with van der Waals surface area (Å²) in [5.74, 6) is -0.974. The molecule has 0 unspecified atom stereocenters. The van der Waals surface area contributed by atoms with Crippen LogP contribution in [0.3, 0.4) is 0 Å². The summed E-state index contributed by atoms with van der Waals surface area (Å²) in [7, 11) is 0. The summed E-state index contributed by atoms with van der Waals surface area (Å²) in [5.41, 5.74) is 0.155. The van der Waals surface area contributed by atoms with Crippen LogP contribution in [0.1, 0.15) is 25.8 Å². The number of para-hydroxylation sites is 1. The van der Waals surface area contributed by atoms with Crippen molar-refractivity contribution in [3.05, 3.63) is 46.0 Å². The Morgan fingerprint density at radius 2 is 1.85 bits per heavy atom. The van der Waals surface area contributed by atoms with Crippen LogP contribution in [0.25, 0.3) is 0 Å². The second-order valence-corrected chi connectivity index (χ2v) is 7.35. The molecule has 4 atom stereocenters. The standard InChI is InChI=1S/C19H19N3O5/c1-10(2)27-17-13(4-3-5-14(17)22(25)26)9-20-21-18(23)15-11-6-7-12(8-11)16(15)19(21)24/h3-7,9-12,15-16H,8H2,1-2H3/t11-,12-,15-,16+/m0/s1. The molecule has 0 N–H and O–H groups in total. The first-order chi connectivity index (χ1) is 12.9. The van der Waals surface area contributed by atoms with E-state index in [0.717, 1.165) is 11.4 Å². The molecule has 2 amide bonds. The lowest BCUT2D eigenvalue weighted by atomic mass is 9.85. The number of amides is 2. The molecule has 1 aromatic rings. The first-order valence-corrected chi connectivity index (χ1v) is 8.92. The average Bonchev–Trinajstić information content (AvgIpc) is 3.28. The quantitative estimate of drug-likeness (QED) is 0.261. The van der Waals surface area contributed by atoms with Crippen LogP contribution < -0.4 is 4.74 Å². The largest absolute Gasteiger partial charge is 0.484 e. The number of imide groups is 1. The van der Waals surface area contributed by atoms with E-state index in [2.05, 4.69) is 5.10 Å². The number of benzene rings is 1. The highest BCUT2D eigenvalue weighted by Gasteiger charge is 2.59. The number of nitro benzene ring substituents is 1. The van der Waals surface area contributed by atoms with E-state index in [9.17, 15) is 19.7 Å². The van der Waals surface area contributed by atoms with E-state index in [1.165, 1.54) is 18.3 Å². The van der Waals surface area contributed by atoms with Crippen molar-refractivity contribution in [2.45, 2.75) is 26.4 Å². The number of ether oxygens (including phenoxy) is 1. The zero-order valence-electron chi connectivity index (χ0n) is 14.9. The van der Waals surface area contributed by atoms with Gasteiger partial charge in [-0.05, 0) is 38.2 Å². The van der Waals surface area contributed by atoms with E-state index >= 15 is 0 Å². The lowest BCUT2D eigenvalue weighted by molar-refractivity contribution is -0.386. The van der Waals surface area contributed by atoms with Gasteiger partial charge in [0.25, 0.3) is 11.8 Å². The second kappa shape index (κ2) is 6.29. The normalized spacial score (nSPS) is 28.6. The zero-order valence-corrected chi connectivity index (χ0v) is 14.9. The van der Waals surface area contributed by atoms with E-state index in [-0.39, 0.29) is 53.0 Å². The summed E-state index contributed by atoms with van der Waals surface area (Å²) in [5, 5.41) is 16.3. The van der Waals surface area contributed by atoms with Gasteiger partial charge in [-0.15, -0.1) is 0 Å². The number of fused-ring (bicyclic) bond motifs is 5. The Labute approximate surface area is 155 Å². The topological polar surface area (TPSA) is 102 Å². The minimum absolute atomic E-state index is 0.0716. The summed E-state index contributed by atoms with van der Waals surface area (Å²) < 4.78 is 5.59. The Morgan fingerprint density at radius 1 is 1.22 bits per heavy atom. The number of hydrazone groups is 1. The third-order valence-corrected chi connectivity index (χ3v) is 5.33. The Bertz CT molecular complexity index is 861. The minimum atomic E-state index is -0.533. The molecule has 2 bridgehead atoms. The van der Waals surface area contributed by atoms with Gasteiger partial charge in [0.05, 0.1) is 29.1 Å². The van der Waals surface area contributed by atoms with Crippen LogP contribution in [0.4, 0.5) is 5.69 Å². The Balaban J connectivity index is 1.64. The summed E-state index contributed by atoms with van der Waals surface area (Å²) in [6.07, 6.45) is 5.88. The van der Waals surface area contributed by atoms with Gasteiger partial charge >= 0.3 is 5.69 Å². The number of carbonyl (C=O) groups is 2. The molecule has 0 radical (unpaired) electrons. The SMILES string of the molecule is CC(C)Oc1c(C=NN2C(=O)[C@@H]3[C@H](C2=O)[C@H]2C=C[C@H]3C2)cccc1[N+](=O)[O-]. The Hall–Kier alpha value is -3.03. The van der Waals surface area contributed by atoms with Crippen molar-refractivity contribution in [1.29, 1.82) is 0 Å². The van der Waals surface area contributed by atoms with Gasteiger partial charge in [0.2, 0.25) is 5.75 Å². The summed E-state index contributed by atoms with van der Waals surface area (Å²) in [4.78, 5) is 36.1. The van der Waals surface area contributed by atoms with Gasteiger partial charge in [0.1, 0.15) is 0 Å². The highest BCUT2D eigenvalue weighted by atomic mass is 16.6. The molecule has 1 aromatic carbocycles. The van der Waals surface area contributed by atoms with Crippen LogP contribution in [-0.2, 0) is 9.59 Å². The van der Waals surface area contributed by atoms with Gasteiger partial charge in [0, 0.05) is 11.6 Å². The summed E-state index contributed by atoms with van der Waals surface area (Å²) in [6.45, 7) is 3.52. The number of allylic oxidation sites excluding steroid dienone is 2. The van der Waals surface area contributed by atoms with Gasteiger partial charge in [-0.3, -0.25) is 19.7 Å². The molecule has 3 aliphatic rings. The highest BCUT2D eigenvalue weighted by Crippen LogP contribution is 2.52. The third-order valence-electron chi connectivity index (χ3n) is 5.33. The molecular formula is C19H19N3O5. The maximum Gasteiger partial charge on any atom is 0.311 e. The van der Waals surface area contributed by atoms with Crippen molar-refractivity contribution in [1.82, 2.24) is 5.01 Å². The van der Waals surface area contributed by atoms with Crippen LogP contribution in [0.2, 0.25) is 0 Å². The van der Waals surface area contributed by atoms with Crippen LogP contribution in [0, 0.1) is 33.8 Å². The average molecular weight is 369 g/mol. The molecule has 27 heavy (non-hydrogen) atoms. The third kappa shape index (κ3) is 2.72. The fourth-order valence-corrected chi connectivity index (χ4v) is 4.27. The first-order valence-electron chi connectivity index (χ1n) is 8.92. The molecule has 140 valence electrons. The van der Waals surface area contributed by atoms with Crippen molar-refractivity contribution in [3.8, 4) is 5.75 Å². The van der Waals surface area contributed by atoms with Gasteiger partial charge in [-0.1, -0.05) is 18.2 Å². The van der Waals surface area contributed by atoms with E-state index in [1.807, 2.05) is 12.2 Å². The predicted molar refractivity (Wildman–Crippen MR) is 96.0 cm³/mol. The first kappa shape index (κ1) is 17.4. The molecule has 1 saturated carbocycles. The van der Waals surface area contributed by atoms with Crippen molar-refractivity contribution in [2.24, 2.45) is 28.8 Å². The Morgan fingerprint density at radius 3 is 2.41 bits per heavy atom. The second-order valence-electron chi connectivity index (χ2n) is 7.35. The van der Waals surface area contributed by atoms with Gasteiger partial charge < -0.3 is 4.74 Å². The van der Waals surface area contributed by atoms with Crippen molar-refractivity contribution in [2.75, 3.05) is 0 Å². The summed E-state index contributed by atoms with van der Waals surface area (Å²) in [6, 6.07) is 4.46. The molecule has 1 aliphatic heterocycles. The number of nitrogens with zero attached hydrogens (tertiary/aromatic N) is 3. The molecule has 2 fully saturated rings. The number of nitro groups is 1. The molecule has 4 rings (SSSR count). The van der Waals surface area contributed by atoms with Crippen LogP contribution in [0.15, 0.2) is 35.5 Å². The van der Waals surface area contributed by atoms with Gasteiger partial charge in [-0.25, -0.2) is 0 Å². The molecular weight excluding hydrogens is 350 g/mol. The molecule has 8 nitrogen and oxygen atoms in total. The highest BCUT2D eigenvalue weighted by molar-refractivity contribution is 6.07. The monoisotopic (exact) mass is 369 g/mol. The van der Waals surface area contributed by atoms with E-state index in [1.54, 1.807) is 19.9 Å². The number of rotatable bonds is 5. The van der Waals surface area contributed by atoms with Gasteiger partial charge in [0.15, 0.2) is 0 Å². The van der Waals surface area contributed by atoms with Crippen molar-refractivity contribution < 1.29 is 19.2 Å². The lowest BCUT2D eigenvalue weighted by Crippen LogP contribution is -2.28. The number of carbonyl (C=O) groups excluding carboxylic acids is 2. The zero-order chi connectivity index (χ0) is 19.3. The van der Waals surface area contributed by atoms with Crippen molar-refractivity contribution >= 4 is 23.7 Å².